The molecule has 0 spiro atoms. The fraction of sp³-hybridized carbons (Fsp3) is 0.367. The van der Waals surface area contributed by atoms with Gasteiger partial charge in [0.2, 0.25) is 0 Å². The molecule has 8 heteroatoms. The van der Waals surface area contributed by atoms with E-state index in [1.807, 2.05) is 36.4 Å². The second-order valence-electron chi connectivity index (χ2n) is 9.25. The number of nitrogens with one attached hydrogen (secondary N) is 1. The summed E-state index contributed by atoms with van der Waals surface area (Å²) in [7, 11) is 0. The summed E-state index contributed by atoms with van der Waals surface area (Å²) in [4.78, 5) is 15.4. The van der Waals surface area contributed by atoms with Crippen LogP contribution in [0.3, 0.4) is 0 Å². The third-order valence-electron chi connectivity index (χ3n) is 6.71. The predicted molar refractivity (Wildman–Crippen MR) is 156 cm³/mol. The number of hydrogen-bond acceptors (Lipinski definition) is 7. The van der Waals surface area contributed by atoms with E-state index >= 15 is 0 Å². The lowest BCUT2D eigenvalue weighted by molar-refractivity contribution is 0.123. The van der Waals surface area contributed by atoms with Crippen LogP contribution < -0.4 is 5.32 Å². The van der Waals surface area contributed by atoms with Gasteiger partial charge in [0.15, 0.2) is 0 Å². The molecule has 2 aliphatic heterocycles. The predicted octanol–water partition coefficient (Wildman–Crippen LogP) is 6.40. The zero-order chi connectivity index (χ0) is 26.7. The zero-order valence-corrected chi connectivity index (χ0v) is 23.7. The van der Waals surface area contributed by atoms with Crippen molar-refractivity contribution in [1.29, 1.82) is 5.26 Å². The quantitative estimate of drug-likeness (QED) is 0.367. The molecule has 1 atom stereocenters. The molecule has 2 aromatic heterocycles. The van der Waals surface area contributed by atoms with Crippen molar-refractivity contribution in [2.24, 2.45) is 0 Å². The first kappa shape index (κ1) is 28.0. The van der Waals surface area contributed by atoms with E-state index in [-0.39, 0.29) is 6.04 Å². The summed E-state index contributed by atoms with van der Waals surface area (Å²) >= 11 is 8.25. The summed E-state index contributed by atoms with van der Waals surface area (Å²) in [5, 5.41) is 11.8. The van der Waals surface area contributed by atoms with E-state index in [2.05, 4.69) is 69.5 Å². The molecule has 0 radical (unpaired) electrons. The minimum Gasteiger partial charge on any atom is -0.368 e. The van der Waals surface area contributed by atoms with Crippen LogP contribution in [0.2, 0.25) is 5.02 Å². The van der Waals surface area contributed by atoms with Crippen molar-refractivity contribution in [1.82, 2.24) is 25.1 Å². The van der Waals surface area contributed by atoms with Crippen molar-refractivity contribution in [3.63, 3.8) is 0 Å². The van der Waals surface area contributed by atoms with Gasteiger partial charge in [-0.25, -0.2) is 0 Å². The number of unbranched alkanes of at least 4 members (excludes halogenated alkanes) is 1. The minimum atomic E-state index is 0.156. The summed E-state index contributed by atoms with van der Waals surface area (Å²) in [6, 6.07) is 16.7. The van der Waals surface area contributed by atoms with Crippen molar-refractivity contribution < 1.29 is 0 Å². The largest absolute Gasteiger partial charge is 0.368 e. The van der Waals surface area contributed by atoms with Crippen molar-refractivity contribution in [3.8, 4) is 6.07 Å². The summed E-state index contributed by atoms with van der Waals surface area (Å²) in [5.41, 5.74) is 5.07. The van der Waals surface area contributed by atoms with Gasteiger partial charge in [0.1, 0.15) is 0 Å². The molecule has 38 heavy (non-hydrogen) atoms. The number of aromatic nitrogens is 2. The molecule has 1 saturated heterocycles. The number of hydrogen-bond donors (Lipinski definition) is 1. The van der Waals surface area contributed by atoms with E-state index in [0.717, 1.165) is 56.3 Å². The number of pyridine rings is 2. The standard InChI is InChI=1S/C28H32ClN5S.C2H3N/c1-2-3-6-26(32-19-21-9-12-30-13-10-21)33-14-16-34(17-15-33)28-24-8-7-23(29)18-25(24)35-20-22-5-4-11-31-27(22)28;1-2-3/h4-13,18,28,32H,2-3,14-17,19-20H2,1H3;1H3/b26-6+;. The Labute approximate surface area is 235 Å². The zero-order valence-electron chi connectivity index (χ0n) is 22.1. The maximum atomic E-state index is 7.32. The van der Waals surface area contributed by atoms with Gasteiger partial charge in [-0.15, -0.1) is 11.8 Å². The number of rotatable bonds is 7. The molecule has 1 fully saturated rings. The average molecular weight is 547 g/mol. The lowest BCUT2D eigenvalue weighted by atomic mass is 9.97. The Morgan fingerprint density at radius 3 is 2.66 bits per heavy atom. The van der Waals surface area contributed by atoms with Gasteiger partial charge in [-0.05, 0) is 59.5 Å². The molecule has 198 valence electrons. The van der Waals surface area contributed by atoms with Crippen LogP contribution in [0.25, 0.3) is 0 Å². The smallest absolute Gasteiger partial charge is 0.0975 e. The Balaban J connectivity index is 0.00000107. The molecule has 3 aromatic rings. The van der Waals surface area contributed by atoms with Gasteiger partial charge < -0.3 is 10.2 Å². The van der Waals surface area contributed by atoms with Crippen LogP contribution in [0, 0.1) is 11.3 Å². The number of allylic oxidation sites excluding steroid dienone is 1. The van der Waals surface area contributed by atoms with Gasteiger partial charge in [-0.3, -0.25) is 14.9 Å². The molecule has 0 aliphatic carbocycles. The number of piperazine rings is 1. The normalized spacial score (nSPS) is 17.3. The fourth-order valence-corrected chi connectivity index (χ4v) is 6.21. The third-order valence-corrected chi connectivity index (χ3v) is 8.06. The van der Waals surface area contributed by atoms with E-state index in [0.29, 0.717) is 0 Å². The number of fused-ring (bicyclic) bond motifs is 2. The van der Waals surface area contributed by atoms with Crippen molar-refractivity contribution >= 4 is 23.4 Å². The van der Waals surface area contributed by atoms with Gasteiger partial charge in [0.25, 0.3) is 0 Å². The van der Waals surface area contributed by atoms with Crippen LogP contribution in [0.1, 0.15) is 55.1 Å². The number of nitriles is 1. The van der Waals surface area contributed by atoms with Crippen molar-refractivity contribution in [3.05, 3.63) is 100 Å². The first-order valence-electron chi connectivity index (χ1n) is 13.1. The van der Waals surface area contributed by atoms with Crippen LogP contribution in [0.5, 0.6) is 0 Å². The van der Waals surface area contributed by atoms with E-state index in [1.165, 1.54) is 40.0 Å². The molecule has 5 rings (SSSR count). The SMILES string of the molecule is CC#N.CCC/C=C(\NCc1ccncc1)N1CCN(C2c3ccc(Cl)cc3SCc3cccnc32)CC1. The first-order valence-corrected chi connectivity index (χ1v) is 14.5. The highest BCUT2D eigenvalue weighted by Gasteiger charge is 2.32. The average Bonchev–Trinajstić information content (AvgIpc) is 3.11. The Bertz CT molecular complexity index is 1250. The van der Waals surface area contributed by atoms with Crippen molar-refractivity contribution in [2.75, 3.05) is 26.2 Å². The summed E-state index contributed by atoms with van der Waals surface area (Å²) in [6.07, 6.45) is 10.2. The van der Waals surface area contributed by atoms with E-state index in [1.54, 1.807) is 6.07 Å². The molecule has 6 nitrogen and oxygen atoms in total. The lowest BCUT2D eigenvalue weighted by Gasteiger charge is -2.41. The Morgan fingerprint density at radius 2 is 1.92 bits per heavy atom. The highest BCUT2D eigenvalue weighted by molar-refractivity contribution is 7.98. The molecular formula is C30H35ClN6S. The molecule has 1 N–H and O–H groups in total. The molecule has 0 amide bonds. The number of thioether (sulfide) groups is 1. The van der Waals surface area contributed by atoms with Gasteiger partial charge in [-0.1, -0.05) is 37.1 Å². The Morgan fingerprint density at radius 1 is 1.16 bits per heavy atom. The summed E-state index contributed by atoms with van der Waals surface area (Å²) in [5.74, 6) is 2.17. The van der Waals surface area contributed by atoms with Gasteiger partial charge >= 0.3 is 0 Å². The van der Waals surface area contributed by atoms with Crippen LogP contribution in [0.4, 0.5) is 0 Å². The molecule has 1 aromatic carbocycles. The third kappa shape index (κ3) is 7.08. The maximum Gasteiger partial charge on any atom is 0.0975 e. The second-order valence-corrected chi connectivity index (χ2v) is 10.7. The van der Waals surface area contributed by atoms with E-state index < -0.39 is 0 Å². The van der Waals surface area contributed by atoms with Crippen molar-refractivity contribution in [2.45, 2.75) is 49.9 Å². The minimum absolute atomic E-state index is 0.156. The molecule has 4 heterocycles. The first-order chi connectivity index (χ1) is 18.6. The van der Waals surface area contributed by atoms with Crippen LogP contribution in [0.15, 0.2) is 77.8 Å². The topological polar surface area (TPSA) is 68.1 Å². The fourth-order valence-electron chi connectivity index (χ4n) is 4.86. The maximum absolute atomic E-state index is 7.32. The molecular weight excluding hydrogens is 512 g/mol. The van der Waals surface area contributed by atoms with E-state index in [4.69, 9.17) is 21.8 Å². The summed E-state index contributed by atoms with van der Waals surface area (Å²) in [6.45, 7) is 8.39. The highest BCUT2D eigenvalue weighted by atomic mass is 35.5. The highest BCUT2D eigenvalue weighted by Crippen LogP contribution is 2.42. The van der Waals surface area contributed by atoms with Gasteiger partial charge in [0, 0.05) is 73.9 Å². The van der Waals surface area contributed by atoms with Crippen LogP contribution >= 0.6 is 23.4 Å². The number of benzene rings is 1. The summed E-state index contributed by atoms with van der Waals surface area (Å²) < 4.78 is 0. The van der Waals surface area contributed by atoms with E-state index in [9.17, 15) is 0 Å². The number of halogens is 1. The van der Waals surface area contributed by atoms with Gasteiger partial charge in [-0.2, -0.15) is 5.26 Å². The second kappa shape index (κ2) is 14.2. The van der Waals surface area contributed by atoms with Gasteiger partial charge in [0.05, 0.1) is 23.6 Å². The molecule has 2 aliphatic rings. The Hall–Kier alpha value is -3.05. The number of nitrogens with zero attached hydrogens (tertiary/aromatic N) is 5. The molecule has 0 saturated carbocycles. The monoisotopic (exact) mass is 546 g/mol. The molecule has 0 bridgehead atoms. The van der Waals surface area contributed by atoms with Crippen LogP contribution in [-0.2, 0) is 12.3 Å². The lowest BCUT2D eigenvalue weighted by Crippen LogP contribution is -2.49. The Kier molecular flexibility index (Phi) is 10.5. The van der Waals surface area contributed by atoms with Crippen LogP contribution in [-0.4, -0.2) is 45.9 Å². The molecule has 1 unspecified atom stereocenters.